The van der Waals surface area contributed by atoms with Crippen molar-refractivity contribution in [2.45, 2.75) is 19.6 Å². The Labute approximate surface area is 93.9 Å². The van der Waals surface area contributed by atoms with E-state index in [1.54, 1.807) is 0 Å². The molecule has 1 rings (SSSR count). The van der Waals surface area contributed by atoms with Gasteiger partial charge in [0.1, 0.15) is 8.07 Å². The number of hydrogen-bond donors (Lipinski definition) is 0. The van der Waals surface area contributed by atoms with E-state index in [4.69, 9.17) is 0 Å². The van der Waals surface area contributed by atoms with Crippen LogP contribution in [0.3, 0.4) is 0 Å². The first-order valence-electron chi connectivity index (χ1n) is 4.07. The molecule has 2 heteroatoms. The average Bonchev–Trinajstić information content (AvgIpc) is 2.02. The molecule has 0 heterocycles. The van der Waals surface area contributed by atoms with Crippen molar-refractivity contribution < 1.29 is 18.9 Å². The van der Waals surface area contributed by atoms with Crippen LogP contribution in [0.25, 0.3) is 0 Å². The minimum atomic E-state index is -1.21. The van der Waals surface area contributed by atoms with Crippen LogP contribution in [0.4, 0.5) is 0 Å². The first-order valence-corrected chi connectivity index (χ1v) is 7.57. The third-order valence-electron chi connectivity index (χ3n) is 1.30. The third kappa shape index (κ3) is 5.78. The van der Waals surface area contributed by atoms with Crippen LogP contribution < -0.4 is 18.9 Å². The van der Waals surface area contributed by atoms with Gasteiger partial charge in [0.15, 0.2) is 0 Å². The maximum atomic E-state index is 3.31. The summed E-state index contributed by atoms with van der Waals surface area (Å²) in [6.07, 6.45) is 0. The molecule has 0 aliphatic carbocycles. The molecule has 0 aliphatic heterocycles. The third-order valence-corrected chi connectivity index (χ3v) is 2.18. The second-order valence-corrected chi connectivity index (χ2v) is 8.54. The molecule has 1 aromatic carbocycles. The molecule has 0 fully saturated rings. The Morgan fingerprint density at radius 3 is 2.15 bits per heavy atom. The summed E-state index contributed by atoms with van der Waals surface area (Å²) in [6, 6.07) is 10.8. The molecule has 0 nitrogen and oxygen atoms in total. The maximum Gasteiger partial charge on any atom is 1.00 e. The summed E-state index contributed by atoms with van der Waals surface area (Å²) in [7, 11) is -1.21. The van der Waals surface area contributed by atoms with Gasteiger partial charge >= 0.3 is 18.9 Å². The molecule has 0 unspecified atom stereocenters. The molecule has 0 aliphatic rings. The summed E-state index contributed by atoms with van der Waals surface area (Å²) in [5.74, 6) is 3.18. The number of hydrogen-bond acceptors (Lipinski definition) is 0. The molecule has 0 saturated heterocycles. The molecule has 0 spiro atoms. The molecule has 0 radical (unpaired) electrons. The molecule has 0 atom stereocenters. The van der Waals surface area contributed by atoms with Gasteiger partial charge in [-0.15, -0.1) is 11.5 Å². The number of benzene rings is 1. The van der Waals surface area contributed by atoms with Gasteiger partial charge in [-0.1, -0.05) is 25.2 Å². The Balaban J connectivity index is 0.00000144. The fourth-order valence-corrected chi connectivity index (χ4v) is 1.25. The van der Waals surface area contributed by atoms with Crippen molar-refractivity contribution in [3.63, 3.8) is 0 Å². The Bertz CT molecular complexity index is 300. The summed E-state index contributed by atoms with van der Waals surface area (Å²) in [5.41, 5.74) is 4.41. The topological polar surface area (TPSA) is 0 Å². The Morgan fingerprint density at radius 1 is 1.15 bits per heavy atom. The van der Waals surface area contributed by atoms with E-state index in [-0.39, 0.29) is 18.9 Å². The van der Waals surface area contributed by atoms with Crippen LogP contribution in [0.2, 0.25) is 19.6 Å². The molecule has 0 N–H and O–H groups in total. The summed E-state index contributed by atoms with van der Waals surface area (Å²) < 4.78 is 0. The molecule has 0 amide bonds. The molecule has 0 bridgehead atoms. The molecule has 13 heavy (non-hydrogen) atoms. The van der Waals surface area contributed by atoms with Gasteiger partial charge in [0, 0.05) is 0 Å². The summed E-state index contributed by atoms with van der Waals surface area (Å²) in [5, 5.41) is 0. The second-order valence-electron chi connectivity index (χ2n) is 3.79. The zero-order chi connectivity index (χ0) is 9.03. The van der Waals surface area contributed by atoms with Gasteiger partial charge in [-0.3, -0.25) is 0 Å². The van der Waals surface area contributed by atoms with E-state index in [0.29, 0.717) is 0 Å². The van der Waals surface area contributed by atoms with Gasteiger partial charge in [-0.25, -0.2) is 0 Å². The van der Waals surface area contributed by atoms with Gasteiger partial charge in [-0.05, 0) is 0 Å². The first kappa shape index (κ1) is 12.6. The fourth-order valence-electron chi connectivity index (χ4n) is 0.730. The van der Waals surface area contributed by atoms with E-state index in [2.05, 4.69) is 37.2 Å². The van der Waals surface area contributed by atoms with Crippen LogP contribution in [-0.4, -0.2) is 8.07 Å². The van der Waals surface area contributed by atoms with Crippen LogP contribution in [0.1, 0.15) is 5.56 Å². The standard InChI is InChI=1S/C11H13Si.Li/c1-12(2,3)10-9-11-7-5-4-6-8-11;/h5-8H,1-3H3;/q-1;+1. The Kier molecular flexibility index (Phi) is 5.18. The molecule has 0 aromatic heterocycles. The second kappa shape index (κ2) is 5.35. The van der Waals surface area contributed by atoms with Crippen LogP contribution in [0.5, 0.6) is 0 Å². The Hall–Kier alpha value is -0.406. The number of rotatable bonds is 0. The van der Waals surface area contributed by atoms with Crippen molar-refractivity contribution in [3.05, 3.63) is 35.9 Å². The summed E-state index contributed by atoms with van der Waals surface area (Å²) in [6.45, 7) is 6.74. The molecule has 0 saturated carbocycles. The fraction of sp³-hybridized carbons (Fsp3) is 0.273. The molecular formula is C11H13LiSi. The van der Waals surface area contributed by atoms with Crippen molar-refractivity contribution in [1.29, 1.82) is 0 Å². The van der Waals surface area contributed by atoms with Crippen LogP contribution >= 0.6 is 0 Å². The van der Waals surface area contributed by atoms with Gasteiger partial charge in [0.05, 0.1) is 0 Å². The SMILES string of the molecule is C[Si](C)(C)C#Cc1cc[c-]cc1.[Li+]. The van der Waals surface area contributed by atoms with Crippen molar-refractivity contribution in [3.8, 4) is 11.5 Å². The molecule has 1 aromatic rings. The van der Waals surface area contributed by atoms with E-state index in [0.717, 1.165) is 5.56 Å². The first-order chi connectivity index (χ1) is 5.58. The maximum absolute atomic E-state index is 3.31. The largest absolute Gasteiger partial charge is 1.00 e. The quantitative estimate of drug-likeness (QED) is 0.293. The summed E-state index contributed by atoms with van der Waals surface area (Å²) in [4.78, 5) is 0. The van der Waals surface area contributed by atoms with Crippen LogP contribution in [-0.2, 0) is 0 Å². The predicted octanol–water partition coefficient (Wildman–Crippen LogP) is -0.280. The van der Waals surface area contributed by atoms with Crippen LogP contribution in [0, 0.1) is 17.5 Å². The van der Waals surface area contributed by atoms with Gasteiger partial charge in [0.25, 0.3) is 0 Å². The van der Waals surface area contributed by atoms with E-state index in [1.807, 2.05) is 24.3 Å². The molecular weight excluding hydrogens is 167 g/mol. The van der Waals surface area contributed by atoms with Crippen molar-refractivity contribution in [1.82, 2.24) is 0 Å². The minimum Gasteiger partial charge on any atom is -0.184 e. The van der Waals surface area contributed by atoms with E-state index < -0.39 is 8.07 Å². The van der Waals surface area contributed by atoms with Crippen molar-refractivity contribution >= 4 is 8.07 Å². The Morgan fingerprint density at radius 2 is 1.69 bits per heavy atom. The van der Waals surface area contributed by atoms with E-state index >= 15 is 0 Å². The zero-order valence-electron chi connectivity index (χ0n) is 8.81. The molecule has 62 valence electrons. The normalized spacial score (nSPS) is 9.46. The minimum absolute atomic E-state index is 0. The van der Waals surface area contributed by atoms with Gasteiger partial charge in [-0.2, -0.15) is 30.3 Å². The zero-order valence-corrected chi connectivity index (χ0v) is 9.81. The summed E-state index contributed by atoms with van der Waals surface area (Å²) >= 11 is 0. The van der Waals surface area contributed by atoms with Crippen molar-refractivity contribution in [2.75, 3.05) is 0 Å². The van der Waals surface area contributed by atoms with E-state index in [9.17, 15) is 0 Å². The monoisotopic (exact) mass is 180 g/mol. The van der Waals surface area contributed by atoms with Gasteiger partial charge in [0.2, 0.25) is 0 Å². The van der Waals surface area contributed by atoms with Crippen LogP contribution in [0.15, 0.2) is 24.3 Å². The van der Waals surface area contributed by atoms with E-state index in [1.165, 1.54) is 0 Å². The smallest absolute Gasteiger partial charge is 0.184 e. The average molecular weight is 180 g/mol. The predicted molar refractivity (Wildman–Crippen MR) is 55.5 cm³/mol. The van der Waals surface area contributed by atoms with Gasteiger partial charge < -0.3 is 0 Å². The van der Waals surface area contributed by atoms with Crippen molar-refractivity contribution in [2.24, 2.45) is 0 Å².